The van der Waals surface area contributed by atoms with Crippen molar-refractivity contribution in [2.24, 2.45) is 0 Å². The molecule has 0 spiro atoms. The fourth-order valence-corrected chi connectivity index (χ4v) is 1.07. The van der Waals surface area contributed by atoms with Crippen LogP contribution in [0, 0.1) is 0 Å². The lowest BCUT2D eigenvalue weighted by Crippen LogP contribution is -2.02. The fraction of sp³-hybridized carbons (Fsp3) is 0.500. The van der Waals surface area contributed by atoms with Gasteiger partial charge in [-0.05, 0) is 6.42 Å². The molecule has 1 rings (SSSR count). The summed E-state index contributed by atoms with van der Waals surface area (Å²) in [6, 6.07) is 0. The zero-order valence-electron chi connectivity index (χ0n) is 7.37. The van der Waals surface area contributed by atoms with E-state index in [1.165, 1.54) is 6.33 Å². The van der Waals surface area contributed by atoms with Gasteiger partial charge in [-0.25, -0.2) is 9.97 Å². The number of methoxy groups -OCH3 is 1. The second kappa shape index (κ2) is 3.90. The van der Waals surface area contributed by atoms with Gasteiger partial charge in [0, 0.05) is 0 Å². The molecule has 0 radical (unpaired) electrons. The summed E-state index contributed by atoms with van der Waals surface area (Å²) in [7, 11) is 1.58. The third kappa shape index (κ3) is 1.64. The molecule has 12 heavy (non-hydrogen) atoms. The Morgan fingerprint density at radius 1 is 1.50 bits per heavy atom. The number of anilines is 1. The highest BCUT2D eigenvalue weighted by Gasteiger charge is 2.07. The van der Waals surface area contributed by atoms with Crippen LogP contribution < -0.4 is 10.5 Å². The van der Waals surface area contributed by atoms with Crippen molar-refractivity contribution in [1.82, 2.24) is 9.97 Å². The normalized spacial score (nSPS) is 9.83. The van der Waals surface area contributed by atoms with Gasteiger partial charge >= 0.3 is 0 Å². The maximum atomic E-state index is 5.65. The zero-order valence-corrected chi connectivity index (χ0v) is 7.37. The molecule has 66 valence electrons. The smallest absolute Gasteiger partial charge is 0.221 e. The van der Waals surface area contributed by atoms with Gasteiger partial charge in [0.25, 0.3) is 0 Å². The second-order valence-electron chi connectivity index (χ2n) is 2.50. The molecule has 0 unspecified atom stereocenters. The predicted octanol–water partition coefficient (Wildman–Crippen LogP) is 1.02. The summed E-state index contributed by atoms with van der Waals surface area (Å²) in [6.45, 7) is 2.08. The Morgan fingerprint density at radius 3 is 2.83 bits per heavy atom. The number of nitrogens with two attached hydrogens (primary N) is 1. The van der Waals surface area contributed by atoms with Gasteiger partial charge in [-0.2, -0.15) is 0 Å². The van der Waals surface area contributed by atoms with E-state index in [1.54, 1.807) is 7.11 Å². The lowest BCUT2D eigenvalue weighted by molar-refractivity contribution is 0.391. The summed E-state index contributed by atoms with van der Waals surface area (Å²) in [5, 5.41) is 0. The lowest BCUT2D eigenvalue weighted by Gasteiger charge is -2.06. The van der Waals surface area contributed by atoms with Gasteiger partial charge in [0.2, 0.25) is 5.88 Å². The van der Waals surface area contributed by atoms with Crippen molar-refractivity contribution < 1.29 is 4.74 Å². The number of nitrogen functional groups attached to an aromatic ring is 1. The highest BCUT2D eigenvalue weighted by Crippen LogP contribution is 2.20. The largest absolute Gasteiger partial charge is 0.481 e. The van der Waals surface area contributed by atoms with Crippen LogP contribution in [-0.2, 0) is 6.42 Å². The van der Waals surface area contributed by atoms with Crippen LogP contribution in [0.25, 0.3) is 0 Å². The zero-order chi connectivity index (χ0) is 8.97. The molecule has 4 nitrogen and oxygen atoms in total. The van der Waals surface area contributed by atoms with Crippen molar-refractivity contribution in [1.29, 1.82) is 0 Å². The summed E-state index contributed by atoms with van der Waals surface area (Å²) in [4.78, 5) is 7.86. The Kier molecular flexibility index (Phi) is 2.85. The van der Waals surface area contributed by atoms with Gasteiger partial charge in [0.15, 0.2) is 0 Å². The van der Waals surface area contributed by atoms with E-state index in [1.807, 2.05) is 0 Å². The van der Waals surface area contributed by atoms with E-state index >= 15 is 0 Å². The van der Waals surface area contributed by atoms with Gasteiger partial charge in [-0.1, -0.05) is 13.3 Å². The van der Waals surface area contributed by atoms with Crippen molar-refractivity contribution in [2.75, 3.05) is 12.8 Å². The number of ether oxygens (including phenoxy) is 1. The van der Waals surface area contributed by atoms with E-state index in [4.69, 9.17) is 10.5 Å². The van der Waals surface area contributed by atoms with Crippen LogP contribution in [0.3, 0.4) is 0 Å². The highest BCUT2D eigenvalue weighted by molar-refractivity contribution is 5.44. The Morgan fingerprint density at radius 2 is 2.25 bits per heavy atom. The Balaban J connectivity index is 3.02. The first-order valence-electron chi connectivity index (χ1n) is 3.93. The number of hydrogen-bond acceptors (Lipinski definition) is 4. The molecule has 0 bridgehead atoms. The maximum absolute atomic E-state index is 5.65. The molecule has 1 heterocycles. The first-order valence-corrected chi connectivity index (χ1v) is 3.93. The van der Waals surface area contributed by atoms with Crippen LogP contribution in [0.2, 0.25) is 0 Å². The minimum Gasteiger partial charge on any atom is -0.481 e. The van der Waals surface area contributed by atoms with Crippen LogP contribution in [-0.4, -0.2) is 17.1 Å². The minimum absolute atomic E-state index is 0.517. The molecule has 1 aromatic rings. The molecule has 2 N–H and O–H groups in total. The molecular weight excluding hydrogens is 154 g/mol. The van der Waals surface area contributed by atoms with Crippen molar-refractivity contribution in [3.8, 4) is 5.88 Å². The molecule has 0 atom stereocenters. The molecule has 1 aromatic heterocycles. The highest BCUT2D eigenvalue weighted by atomic mass is 16.5. The van der Waals surface area contributed by atoms with Gasteiger partial charge in [0.05, 0.1) is 12.7 Å². The van der Waals surface area contributed by atoms with E-state index in [2.05, 4.69) is 16.9 Å². The van der Waals surface area contributed by atoms with Crippen LogP contribution in [0.5, 0.6) is 5.88 Å². The van der Waals surface area contributed by atoms with E-state index in [9.17, 15) is 0 Å². The summed E-state index contributed by atoms with van der Waals surface area (Å²) in [6.07, 6.45) is 3.27. The first-order chi connectivity index (χ1) is 5.79. The third-order valence-electron chi connectivity index (χ3n) is 1.63. The summed E-state index contributed by atoms with van der Waals surface area (Å²) < 4.78 is 5.05. The fourth-order valence-electron chi connectivity index (χ4n) is 1.07. The monoisotopic (exact) mass is 167 g/mol. The molecule has 4 heteroatoms. The quantitative estimate of drug-likeness (QED) is 0.730. The number of rotatable bonds is 3. The molecule has 0 aliphatic rings. The SMILES string of the molecule is CCCc1c(N)ncnc1OC. The lowest BCUT2D eigenvalue weighted by atomic mass is 10.2. The topological polar surface area (TPSA) is 61.0 Å². The van der Waals surface area contributed by atoms with Crippen LogP contribution >= 0.6 is 0 Å². The van der Waals surface area contributed by atoms with E-state index in [0.29, 0.717) is 11.7 Å². The van der Waals surface area contributed by atoms with E-state index < -0.39 is 0 Å². The maximum Gasteiger partial charge on any atom is 0.221 e. The number of aromatic nitrogens is 2. The van der Waals surface area contributed by atoms with Gasteiger partial charge < -0.3 is 10.5 Å². The van der Waals surface area contributed by atoms with Crippen molar-refractivity contribution in [3.05, 3.63) is 11.9 Å². The molecule has 0 saturated heterocycles. The first kappa shape index (κ1) is 8.77. The van der Waals surface area contributed by atoms with Gasteiger partial charge in [-0.3, -0.25) is 0 Å². The van der Waals surface area contributed by atoms with Crippen molar-refractivity contribution in [2.45, 2.75) is 19.8 Å². The van der Waals surface area contributed by atoms with Gasteiger partial charge in [-0.15, -0.1) is 0 Å². The van der Waals surface area contributed by atoms with E-state index in [0.717, 1.165) is 18.4 Å². The summed E-state index contributed by atoms with van der Waals surface area (Å²) in [5.41, 5.74) is 6.56. The molecule has 0 aromatic carbocycles. The average molecular weight is 167 g/mol. The average Bonchev–Trinajstić information content (AvgIpc) is 2.09. The Labute approximate surface area is 71.8 Å². The summed E-state index contributed by atoms with van der Waals surface area (Å²) in [5.74, 6) is 1.10. The van der Waals surface area contributed by atoms with Crippen LogP contribution in [0.1, 0.15) is 18.9 Å². The van der Waals surface area contributed by atoms with Crippen molar-refractivity contribution >= 4 is 5.82 Å². The standard InChI is InChI=1S/C8H13N3O/c1-3-4-6-7(9)10-5-11-8(6)12-2/h5H,3-4H2,1-2H3,(H2,9,10,11). The van der Waals surface area contributed by atoms with E-state index in [-0.39, 0.29) is 0 Å². The van der Waals surface area contributed by atoms with Crippen LogP contribution in [0.4, 0.5) is 5.82 Å². The number of hydrogen-bond donors (Lipinski definition) is 1. The predicted molar refractivity (Wildman–Crippen MR) is 47.0 cm³/mol. The Hall–Kier alpha value is -1.32. The van der Waals surface area contributed by atoms with Crippen molar-refractivity contribution in [3.63, 3.8) is 0 Å². The molecule has 0 fully saturated rings. The molecular formula is C8H13N3O. The van der Waals surface area contributed by atoms with Crippen LogP contribution in [0.15, 0.2) is 6.33 Å². The summed E-state index contributed by atoms with van der Waals surface area (Å²) >= 11 is 0. The third-order valence-corrected chi connectivity index (χ3v) is 1.63. The molecule has 0 amide bonds. The minimum atomic E-state index is 0.517. The number of nitrogens with zero attached hydrogens (tertiary/aromatic N) is 2. The Bertz CT molecular complexity index is 262. The molecule has 0 aliphatic heterocycles. The molecule has 0 aliphatic carbocycles. The second-order valence-corrected chi connectivity index (χ2v) is 2.50. The molecule has 0 saturated carbocycles. The van der Waals surface area contributed by atoms with Gasteiger partial charge in [0.1, 0.15) is 12.1 Å².